The first-order valence-corrected chi connectivity index (χ1v) is 3.50. The number of rotatable bonds is 3. The summed E-state index contributed by atoms with van der Waals surface area (Å²) in [4.78, 5) is 0. The number of nitrogens with zero attached hydrogens (tertiary/aromatic N) is 1. The van der Waals surface area contributed by atoms with Gasteiger partial charge in [-0.3, -0.25) is 0 Å². The summed E-state index contributed by atoms with van der Waals surface area (Å²) in [6, 6.07) is 5.73. The minimum atomic E-state index is 0.862. The number of furan rings is 1. The van der Waals surface area contributed by atoms with Gasteiger partial charge in [-0.25, -0.2) is 0 Å². The lowest BCUT2D eigenvalue weighted by Crippen LogP contribution is -1.76. The van der Waals surface area contributed by atoms with Crippen LogP contribution in [0.25, 0.3) is 0 Å². The summed E-state index contributed by atoms with van der Waals surface area (Å²) in [6.45, 7) is 0. The third-order valence-electron chi connectivity index (χ3n) is 1.33. The van der Waals surface area contributed by atoms with E-state index in [0.29, 0.717) is 0 Å². The van der Waals surface area contributed by atoms with Crippen LogP contribution < -0.4 is 0 Å². The van der Waals surface area contributed by atoms with E-state index in [1.807, 2.05) is 24.3 Å². The van der Waals surface area contributed by atoms with E-state index >= 15 is 0 Å². The zero-order valence-corrected chi connectivity index (χ0v) is 6.16. The average molecular weight is 147 g/mol. The summed E-state index contributed by atoms with van der Waals surface area (Å²) >= 11 is 0. The predicted molar refractivity (Wildman–Crippen MR) is 41.8 cm³/mol. The highest BCUT2D eigenvalue weighted by Gasteiger charge is 1.90. The largest absolute Gasteiger partial charge is 0.469 e. The summed E-state index contributed by atoms with van der Waals surface area (Å²) < 4.78 is 5.10. The lowest BCUT2D eigenvalue weighted by Gasteiger charge is -1.88. The average Bonchev–Trinajstić information content (AvgIpc) is 2.50. The van der Waals surface area contributed by atoms with Gasteiger partial charge in [0.2, 0.25) is 0 Å². The third kappa shape index (κ3) is 2.72. The molecule has 0 bridgehead atoms. The molecule has 1 heterocycles. The Labute approximate surface area is 65.8 Å². The molecule has 56 valence electrons. The molecule has 0 spiro atoms. The molecular weight excluding hydrogens is 138 g/mol. The SMILES string of the molecule is N#CC=CCCc1ccco1. The second-order valence-electron chi connectivity index (χ2n) is 2.15. The van der Waals surface area contributed by atoms with Crippen LogP contribution in [-0.4, -0.2) is 0 Å². The normalized spacial score (nSPS) is 10.1. The van der Waals surface area contributed by atoms with E-state index in [-0.39, 0.29) is 0 Å². The van der Waals surface area contributed by atoms with Gasteiger partial charge in [0, 0.05) is 12.5 Å². The van der Waals surface area contributed by atoms with Gasteiger partial charge in [-0.1, -0.05) is 6.08 Å². The number of allylic oxidation sites excluding steroid dienone is 2. The predicted octanol–water partition coefficient (Wildman–Crippen LogP) is 2.29. The summed E-state index contributed by atoms with van der Waals surface area (Å²) in [5.41, 5.74) is 0. The molecule has 0 N–H and O–H groups in total. The summed E-state index contributed by atoms with van der Waals surface area (Å²) in [7, 11) is 0. The minimum absolute atomic E-state index is 0.862. The molecule has 1 rings (SSSR count). The first-order chi connectivity index (χ1) is 5.43. The van der Waals surface area contributed by atoms with Crippen LogP contribution in [0.3, 0.4) is 0 Å². The molecule has 0 aromatic carbocycles. The smallest absolute Gasteiger partial charge is 0.104 e. The van der Waals surface area contributed by atoms with Crippen molar-refractivity contribution in [1.82, 2.24) is 0 Å². The van der Waals surface area contributed by atoms with Crippen molar-refractivity contribution in [2.45, 2.75) is 12.8 Å². The lowest BCUT2D eigenvalue weighted by atomic mass is 10.2. The van der Waals surface area contributed by atoms with Gasteiger partial charge in [0.15, 0.2) is 0 Å². The van der Waals surface area contributed by atoms with Gasteiger partial charge in [0.1, 0.15) is 5.76 Å². The molecule has 0 aliphatic rings. The number of hydrogen-bond donors (Lipinski definition) is 0. The van der Waals surface area contributed by atoms with Crippen LogP contribution in [0.1, 0.15) is 12.2 Å². The molecule has 2 heteroatoms. The molecule has 1 aromatic heterocycles. The van der Waals surface area contributed by atoms with Gasteiger partial charge in [-0.05, 0) is 18.6 Å². The Hall–Kier alpha value is -1.49. The maximum Gasteiger partial charge on any atom is 0.104 e. The number of nitriles is 1. The fourth-order valence-corrected chi connectivity index (χ4v) is 0.816. The van der Waals surface area contributed by atoms with E-state index < -0.39 is 0 Å². The number of aryl methyl sites for hydroxylation is 1. The Morgan fingerprint density at radius 2 is 2.55 bits per heavy atom. The van der Waals surface area contributed by atoms with Gasteiger partial charge in [0.25, 0.3) is 0 Å². The van der Waals surface area contributed by atoms with Gasteiger partial charge >= 0.3 is 0 Å². The highest BCUT2D eigenvalue weighted by atomic mass is 16.3. The Morgan fingerprint density at radius 3 is 3.18 bits per heavy atom. The number of hydrogen-bond acceptors (Lipinski definition) is 2. The van der Waals surface area contributed by atoms with Crippen molar-refractivity contribution in [3.05, 3.63) is 36.3 Å². The fraction of sp³-hybridized carbons (Fsp3) is 0.222. The first kappa shape index (κ1) is 7.62. The minimum Gasteiger partial charge on any atom is -0.469 e. The van der Waals surface area contributed by atoms with Gasteiger partial charge in [-0.15, -0.1) is 0 Å². The summed E-state index contributed by atoms with van der Waals surface area (Å²) in [5, 5.41) is 8.16. The Morgan fingerprint density at radius 1 is 1.64 bits per heavy atom. The fourth-order valence-electron chi connectivity index (χ4n) is 0.816. The van der Waals surface area contributed by atoms with Crippen LogP contribution in [0.15, 0.2) is 35.0 Å². The Balaban J connectivity index is 2.25. The molecule has 0 saturated heterocycles. The molecule has 0 atom stereocenters. The highest BCUT2D eigenvalue weighted by molar-refractivity contribution is 5.04. The van der Waals surface area contributed by atoms with Crippen LogP contribution in [0.4, 0.5) is 0 Å². The third-order valence-corrected chi connectivity index (χ3v) is 1.33. The standard InChI is InChI=1S/C9H9NO/c10-7-3-1-2-5-9-6-4-8-11-9/h1,3-4,6,8H,2,5H2. The zero-order chi connectivity index (χ0) is 7.94. The molecule has 1 aromatic rings. The quantitative estimate of drug-likeness (QED) is 0.615. The molecule has 0 aliphatic carbocycles. The highest BCUT2D eigenvalue weighted by Crippen LogP contribution is 2.03. The van der Waals surface area contributed by atoms with E-state index in [1.165, 1.54) is 6.08 Å². The molecule has 0 aliphatic heterocycles. The van der Waals surface area contributed by atoms with Crippen molar-refractivity contribution in [2.24, 2.45) is 0 Å². The second kappa shape index (κ2) is 4.35. The maximum atomic E-state index is 8.16. The zero-order valence-electron chi connectivity index (χ0n) is 6.16. The van der Waals surface area contributed by atoms with Crippen molar-refractivity contribution >= 4 is 0 Å². The molecule has 11 heavy (non-hydrogen) atoms. The van der Waals surface area contributed by atoms with Crippen LogP contribution in [0.5, 0.6) is 0 Å². The van der Waals surface area contributed by atoms with E-state index in [9.17, 15) is 0 Å². The van der Waals surface area contributed by atoms with Crippen LogP contribution in [-0.2, 0) is 6.42 Å². The molecule has 0 unspecified atom stereocenters. The van der Waals surface area contributed by atoms with E-state index in [4.69, 9.17) is 9.68 Å². The van der Waals surface area contributed by atoms with Crippen molar-refractivity contribution in [3.63, 3.8) is 0 Å². The van der Waals surface area contributed by atoms with E-state index in [2.05, 4.69) is 0 Å². The molecule has 0 radical (unpaired) electrons. The first-order valence-electron chi connectivity index (χ1n) is 3.50. The van der Waals surface area contributed by atoms with Crippen molar-refractivity contribution in [2.75, 3.05) is 0 Å². The molecule has 0 fully saturated rings. The van der Waals surface area contributed by atoms with Crippen LogP contribution >= 0.6 is 0 Å². The lowest BCUT2D eigenvalue weighted by molar-refractivity contribution is 0.510. The monoisotopic (exact) mass is 147 g/mol. The molecule has 0 amide bonds. The van der Waals surface area contributed by atoms with Crippen molar-refractivity contribution in [1.29, 1.82) is 5.26 Å². The maximum absolute atomic E-state index is 8.16. The molecule has 0 saturated carbocycles. The molecular formula is C9H9NO. The molecule has 2 nitrogen and oxygen atoms in total. The van der Waals surface area contributed by atoms with E-state index in [0.717, 1.165) is 18.6 Å². The topological polar surface area (TPSA) is 36.9 Å². The van der Waals surface area contributed by atoms with Gasteiger partial charge in [-0.2, -0.15) is 5.26 Å². The van der Waals surface area contributed by atoms with Gasteiger partial charge < -0.3 is 4.42 Å². The summed E-state index contributed by atoms with van der Waals surface area (Å²) in [5.74, 6) is 0.965. The van der Waals surface area contributed by atoms with E-state index in [1.54, 1.807) is 6.26 Å². The van der Waals surface area contributed by atoms with Crippen LogP contribution in [0, 0.1) is 11.3 Å². The van der Waals surface area contributed by atoms with Gasteiger partial charge in [0.05, 0.1) is 12.3 Å². The Kier molecular flexibility index (Phi) is 3.01. The Bertz CT molecular complexity index is 254. The summed E-state index contributed by atoms with van der Waals surface area (Å²) in [6.07, 6.45) is 6.71. The van der Waals surface area contributed by atoms with Crippen molar-refractivity contribution < 1.29 is 4.42 Å². The van der Waals surface area contributed by atoms with Crippen molar-refractivity contribution in [3.8, 4) is 6.07 Å². The second-order valence-corrected chi connectivity index (χ2v) is 2.15. The van der Waals surface area contributed by atoms with Crippen LogP contribution in [0.2, 0.25) is 0 Å².